The number of amides is 1. The second kappa shape index (κ2) is 6.72. The molecule has 0 aliphatic heterocycles. The van der Waals surface area contributed by atoms with Crippen molar-refractivity contribution in [2.24, 2.45) is 5.73 Å². The van der Waals surface area contributed by atoms with E-state index in [9.17, 15) is 18.0 Å². The highest BCUT2D eigenvalue weighted by Gasteiger charge is 2.36. The number of nitrogens with two attached hydrogens (primary N) is 1. The first-order valence-electron chi connectivity index (χ1n) is 7.21. The smallest absolute Gasteiger partial charge is 0.368 e. The average molecular weight is 363 g/mol. The first-order chi connectivity index (χ1) is 11.9. The lowest BCUT2D eigenvalue weighted by atomic mass is 10.1. The summed E-state index contributed by atoms with van der Waals surface area (Å²) in [7, 11) is 0. The SMILES string of the molecule is NC(=O)[C@@H](Sc1nc(C(F)(F)F)nc2ccccc12)c1ccccc1. The molecule has 0 bridgehead atoms. The Kier molecular flexibility index (Phi) is 4.63. The Labute approximate surface area is 145 Å². The van der Waals surface area contributed by atoms with Gasteiger partial charge in [-0.1, -0.05) is 60.3 Å². The van der Waals surface area contributed by atoms with E-state index in [1.54, 1.807) is 48.5 Å². The van der Waals surface area contributed by atoms with Gasteiger partial charge in [0.15, 0.2) is 0 Å². The third-order valence-electron chi connectivity index (χ3n) is 3.41. The van der Waals surface area contributed by atoms with Crippen molar-refractivity contribution in [3.05, 3.63) is 66.0 Å². The normalized spacial score (nSPS) is 12.9. The van der Waals surface area contributed by atoms with Crippen LogP contribution in [0.1, 0.15) is 16.6 Å². The van der Waals surface area contributed by atoms with E-state index in [2.05, 4.69) is 9.97 Å². The molecule has 0 aliphatic carbocycles. The molecule has 128 valence electrons. The minimum absolute atomic E-state index is 0.0607. The van der Waals surface area contributed by atoms with Crippen LogP contribution in [-0.2, 0) is 11.0 Å². The first-order valence-corrected chi connectivity index (χ1v) is 8.09. The summed E-state index contributed by atoms with van der Waals surface area (Å²) in [5, 5.41) is -0.367. The highest BCUT2D eigenvalue weighted by molar-refractivity contribution is 8.00. The molecule has 0 spiro atoms. The maximum Gasteiger partial charge on any atom is 0.451 e. The van der Waals surface area contributed by atoms with Crippen LogP contribution < -0.4 is 5.73 Å². The van der Waals surface area contributed by atoms with Crippen molar-refractivity contribution in [2.45, 2.75) is 16.5 Å². The summed E-state index contributed by atoms with van der Waals surface area (Å²) in [5.74, 6) is -1.91. The third kappa shape index (κ3) is 3.74. The largest absolute Gasteiger partial charge is 0.451 e. The van der Waals surface area contributed by atoms with Crippen LogP contribution in [0.25, 0.3) is 10.9 Å². The van der Waals surface area contributed by atoms with Gasteiger partial charge >= 0.3 is 6.18 Å². The molecule has 1 heterocycles. The Bertz CT molecular complexity index is 916. The molecule has 0 radical (unpaired) electrons. The first kappa shape index (κ1) is 17.2. The van der Waals surface area contributed by atoms with Gasteiger partial charge in [-0.3, -0.25) is 4.79 Å². The zero-order chi connectivity index (χ0) is 18.0. The van der Waals surface area contributed by atoms with Crippen molar-refractivity contribution in [3.63, 3.8) is 0 Å². The van der Waals surface area contributed by atoms with Gasteiger partial charge in [-0.2, -0.15) is 13.2 Å². The van der Waals surface area contributed by atoms with E-state index in [0.29, 0.717) is 10.9 Å². The van der Waals surface area contributed by atoms with E-state index in [-0.39, 0.29) is 10.5 Å². The van der Waals surface area contributed by atoms with Gasteiger partial charge in [0.2, 0.25) is 11.7 Å². The Morgan fingerprint density at radius 2 is 1.64 bits per heavy atom. The summed E-state index contributed by atoms with van der Waals surface area (Å²) >= 11 is 0.884. The van der Waals surface area contributed by atoms with Gasteiger partial charge in [-0.15, -0.1) is 0 Å². The molecule has 0 unspecified atom stereocenters. The third-order valence-corrected chi connectivity index (χ3v) is 4.69. The number of thioether (sulfide) groups is 1. The van der Waals surface area contributed by atoms with Crippen LogP contribution in [0.15, 0.2) is 59.6 Å². The number of hydrogen-bond donors (Lipinski definition) is 1. The van der Waals surface area contributed by atoms with Crippen LogP contribution in [0.5, 0.6) is 0 Å². The molecule has 0 aliphatic rings. The van der Waals surface area contributed by atoms with E-state index in [1.807, 2.05) is 0 Å². The number of hydrogen-bond acceptors (Lipinski definition) is 4. The fourth-order valence-corrected chi connectivity index (χ4v) is 3.37. The number of rotatable bonds is 4. The molecule has 2 N–H and O–H groups in total. The number of nitrogens with zero attached hydrogens (tertiary/aromatic N) is 2. The highest BCUT2D eigenvalue weighted by atomic mass is 32.2. The molecule has 1 aromatic heterocycles. The summed E-state index contributed by atoms with van der Waals surface area (Å²) < 4.78 is 39.3. The van der Waals surface area contributed by atoms with Crippen LogP contribution in [0.4, 0.5) is 13.2 Å². The lowest BCUT2D eigenvalue weighted by Crippen LogP contribution is -2.19. The van der Waals surface area contributed by atoms with E-state index in [4.69, 9.17) is 5.73 Å². The number of para-hydroxylation sites is 1. The summed E-state index contributed by atoms with van der Waals surface area (Å²) in [4.78, 5) is 19.1. The standard InChI is InChI=1S/C17H12F3N3OS/c18-17(19,20)16-22-12-9-5-4-8-11(12)15(23-16)25-13(14(21)24)10-6-2-1-3-7-10/h1-9,13H,(H2,21,24)/t13-/m0/s1. The average Bonchev–Trinajstić information content (AvgIpc) is 2.59. The maximum atomic E-state index is 13.1. The van der Waals surface area contributed by atoms with Gasteiger partial charge in [0.25, 0.3) is 0 Å². The lowest BCUT2D eigenvalue weighted by Gasteiger charge is -2.15. The number of aromatic nitrogens is 2. The Hall–Kier alpha value is -2.61. The van der Waals surface area contributed by atoms with Gasteiger partial charge in [-0.05, 0) is 11.6 Å². The van der Waals surface area contributed by atoms with Crippen LogP contribution in [0.2, 0.25) is 0 Å². The molecule has 3 aromatic rings. The fraction of sp³-hybridized carbons (Fsp3) is 0.118. The number of fused-ring (bicyclic) bond motifs is 1. The van der Waals surface area contributed by atoms with Crippen LogP contribution in [-0.4, -0.2) is 15.9 Å². The van der Waals surface area contributed by atoms with E-state index in [0.717, 1.165) is 11.8 Å². The van der Waals surface area contributed by atoms with Gasteiger partial charge in [0, 0.05) is 5.39 Å². The molecule has 8 heteroatoms. The molecular formula is C17H12F3N3OS. The monoisotopic (exact) mass is 363 g/mol. The maximum absolute atomic E-state index is 13.1. The van der Waals surface area contributed by atoms with Gasteiger partial charge in [0.05, 0.1) is 5.52 Å². The quantitative estimate of drug-likeness (QED) is 0.563. The second-order valence-electron chi connectivity index (χ2n) is 5.18. The molecule has 0 saturated carbocycles. The molecule has 2 aromatic carbocycles. The molecule has 3 rings (SSSR count). The van der Waals surface area contributed by atoms with Crippen molar-refractivity contribution in [2.75, 3.05) is 0 Å². The fourth-order valence-electron chi connectivity index (χ4n) is 2.29. The number of carbonyl (C=O) groups is 1. The Balaban J connectivity index is 2.12. The van der Waals surface area contributed by atoms with E-state index < -0.39 is 23.2 Å². The Morgan fingerprint density at radius 1 is 1.00 bits per heavy atom. The van der Waals surface area contributed by atoms with Crippen molar-refractivity contribution in [1.82, 2.24) is 9.97 Å². The predicted molar refractivity (Wildman–Crippen MR) is 88.8 cm³/mol. The molecule has 0 saturated heterocycles. The zero-order valence-electron chi connectivity index (χ0n) is 12.7. The highest BCUT2D eigenvalue weighted by Crippen LogP contribution is 2.39. The van der Waals surface area contributed by atoms with Crippen LogP contribution >= 0.6 is 11.8 Å². The van der Waals surface area contributed by atoms with Gasteiger partial charge in [0.1, 0.15) is 10.3 Å². The molecule has 1 atom stereocenters. The van der Waals surface area contributed by atoms with E-state index in [1.165, 1.54) is 6.07 Å². The minimum atomic E-state index is -4.69. The zero-order valence-corrected chi connectivity index (χ0v) is 13.5. The molecule has 1 amide bonds. The van der Waals surface area contributed by atoms with Crippen molar-refractivity contribution in [3.8, 4) is 0 Å². The number of primary amides is 1. The number of benzene rings is 2. The van der Waals surface area contributed by atoms with Gasteiger partial charge in [-0.25, -0.2) is 9.97 Å². The van der Waals surface area contributed by atoms with Crippen molar-refractivity contribution in [1.29, 1.82) is 0 Å². The number of halogens is 3. The number of carbonyl (C=O) groups excluding carboxylic acids is 1. The van der Waals surface area contributed by atoms with Crippen LogP contribution in [0, 0.1) is 0 Å². The number of alkyl halides is 3. The van der Waals surface area contributed by atoms with Gasteiger partial charge < -0.3 is 5.73 Å². The van der Waals surface area contributed by atoms with E-state index >= 15 is 0 Å². The van der Waals surface area contributed by atoms with Crippen LogP contribution in [0.3, 0.4) is 0 Å². The topological polar surface area (TPSA) is 68.9 Å². The summed E-state index contributed by atoms with van der Waals surface area (Å²) in [6.07, 6.45) is -4.69. The molecular weight excluding hydrogens is 351 g/mol. The Morgan fingerprint density at radius 3 is 2.28 bits per heavy atom. The summed E-state index contributed by atoms with van der Waals surface area (Å²) in [6.45, 7) is 0. The predicted octanol–water partition coefficient (Wildman–Crippen LogP) is 3.97. The summed E-state index contributed by atoms with van der Waals surface area (Å²) in [5.41, 5.74) is 6.21. The van der Waals surface area contributed by atoms with Crippen molar-refractivity contribution < 1.29 is 18.0 Å². The second-order valence-corrected chi connectivity index (χ2v) is 6.27. The molecule has 0 fully saturated rings. The molecule has 4 nitrogen and oxygen atoms in total. The summed E-state index contributed by atoms with van der Waals surface area (Å²) in [6, 6.07) is 15.0. The molecule has 25 heavy (non-hydrogen) atoms. The van der Waals surface area contributed by atoms with Crippen molar-refractivity contribution >= 4 is 28.6 Å². The lowest BCUT2D eigenvalue weighted by molar-refractivity contribution is -0.145. The minimum Gasteiger partial charge on any atom is -0.368 e.